The van der Waals surface area contributed by atoms with Gasteiger partial charge in [0.05, 0.1) is 13.5 Å². The Morgan fingerprint density at radius 3 is 2.50 bits per heavy atom. The molecule has 4 nitrogen and oxygen atoms in total. The molecule has 2 fully saturated rings. The van der Waals surface area contributed by atoms with E-state index in [1.165, 1.54) is 31.7 Å². The minimum absolute atomic E-state index is 0.0586. The number of carbonyl (C=O) groups is 1. The zero-order chi connectivity index (χ0) is 26.7. The summed E-state index contributed by atoms with van der Waals surface area (Å²) in [7, 11) is 1.60. The van der Waals surface area contributed by atoms with Crippen LogP contribution in [0.3, 0.4) is 0 Å². The molecule has 200 valence electrons. The van der Waals surface area contributed by atoms with Gasteiger partial charge in [-0.15, -0.1) is 0 Å². The van der Waals surface area contributed by atoms with Gasteiger partial charge < -0.3 is 14.6 Å². The number of rotatable bonds is 11. The molecular weight excluding hydrogens is 479 g/mol. The Bertz CT molecular complexity index is 1290. The molecule has 0 saturated heterocycles. The van der Waals surface area contributed by atoms with Gasteiger partial charge in [0, 0.05) is 5.56 Å². The van der Waals surface area contributed by atoms with Gasteiger partial charge in [-0.25, -0.2) is 4.39 Å². The molecular formula is C33H37FO4. The summed E-state index contributed by atoms with van der Waals surface area (Å²) in [5.74, 6) is 0.894. The molecule has 2 aliphatic carbocycles. The lowest BCUT2D eigenvalue weighted by Crippen LogP contribution is -2.15. The number of halogens is 1. The van der Waals surface area contributed by atoms with Gasteiger partial charge in [-0.2, -0.15) is 0 Å². The first-order chi connectivity index (χ1) is 18.3. The monoisotopic (exact) mass is 516 g/mol. The van der Waals surface area contributed by atoms with Crippen molar-refractivity contribution in [1.29, 1.82) is 0 Å². The number of hydrogen-bond acceptors (Lipinski definition) is 3. The molecule has 0 radical (unpaired) electrons. The highest BCUT2D eigenvalue weighted by molar-refractivity contribution is 5.71. The maximum absolute atomic E-state index is 15.0. The van der Waals surface area contributed by atoms with Gasteiger partial charge in [0.2, 0.25) is 0 Å². The van der Waals surface area contributed by atoms with E-state index in [1.807, 2.05) is 30.3 Å². The number of carboxylic acid groups (broad SMARTS) is 1. The van der Waals surface area contributed by atoms with Crippen molar-refractivity contribution in [1.82, 2.24) is 0 Å². The van der Waals surface area contributed by atoms with Gasteiger partial charge in [-0.1, -0.05) is 50.1 Å². The van der Waals surface area contributed by atoms with E-state index >= 15 is 0 Å². The van der Waals surface area contributed by atoms with Crippen LogP contribution in [0.25, 0.3) is 11.1 Å². The number of benzene rings is 3. The highest BCUT2D eigenvalue weighted by Gasteiger charge is 2.34. The molecule has 2 aliphatic rings. The third kappa shape index (κ3) is 6.20. The lowest BCUT2D eigenvalue weighted by Gasteiger charge is -2.25. The van der Waals surface area contributed by atoms with Gasteiger partial charge in [-0.3, -0.25) is 4.79 Å². The van der Waals surface area contributed by atoms with E-state index in [-0.39, 0.29) is 23.6 Å². The van der Waals surface area contributed by atoms with Crippen LogP contribution in [-0.2, 0) is 17.8 Å². The largest absolute Gasteiger partial charge is 0.497 e. The molecule has 5 rings (SSSR count). The second kappa shape index (κ2) is 11.2. The predicted molar refractivity (Wildman–Crippen MR) is 147 cm³/mol. The van der Waals surface area contributed by atoms with Gasteiger partial charge in [0.25, 0.3) is 0 Å². The normalized spacial score (nSPS) is 17.2. The second-order valence-electron chi connectivity index (χ2n) is 11.4. The van der Waals surface area contributed by atoms with Gasteiger partial charge in [0.1, 0.15) is 23.9 Å². The number of carboxylic acids is 1. The van der Waals surface area contributed by atoms with Crippen molar-refractivity contribution < 1.29 is 23.8 Å². The molecule has 1 N–H and O–H groups in total. The SMILES string of the molecule is COc1ccc(F)c(-c2ccc(OCc3cccc([C@H](CC(=O)O)C4CC4)c3)cc2CC2(C)CCCC2)c1. The molecule has 0 aromatic heterocycles. The molecule has 0 spiro atoms. The summed E-state index contributed by atoms with van der Waals surface area (Å²) in [6.45, 7) is 2.72. The summed E-state index contributed by atoms with van der Waals surface area (Å²) in [5, 5.41) is 9.39. The van der Waals surface area contributed by atoms with Crippen LogP contribution in [-0.4, -0.2) is 18.2 Å². The third-order valence-corrected chi connectivity index (χ3v) is 8.34. The van der Waals surface area contributed by atoms with Crippen LogP contribution in [0.4, 0.5) is 4.39 Å². The van der Waals surface area contributed by atoms with Gasteiger partial charge >= 0.3 is 5.97 Å². The molecule has 0 aliphatic heterocycles. The van der Waals surface area contributed by atoms with Crippen LogP contribution < -0.4 is 9.47 Å². The summed E-state index contributed by atoms with van der Waals surface area (Å²) in [5.41, 5.74) is 4.80. The van der Waals surface area contributed by atoms with E-state index in [0.717, 1.165) is 47.3 Å². The smallest absolute Gasteiger partial charge is 0.303 e. The van der Waals surface area contributed by atoms with Crippen molar-refractivity contribution in [2.24, 2.45) is 11.3 Å². The first-order valence-corrected chi connectivity index (χ1v) is 13.7. The maximum atomic E-state index is 15.0. The fourth-order valence-electron chi connectivity index (χ4n) is 6.10. The first-order valence-electron chi connectivity index (χ1n) is 13.7. The van der Waals surface area contributed by atoms with Crippen LogP contribution in [0, 0.1) is 17.2 Å². The van der Waals surface area contributed by atoms with Crippen LogP contribution >= 0.6 is 0 Å². The quantitative estimate of drug-likeness (QED) is 0.279. The minimum atomic E-state index is -0.750. The molecule has 0 unspecified atom stereocenters. The zero-order valence-electron chi connectivity index (χ0n) is 22.3. The van der Waals surface area contributed by atoms with Crippen LogP contribution in [0.5, 0.6) is 11.5 Å². The Morgan fingerprint density at radius 1 is 1.03 bits per heavy atom. The van der Waals surface area contributed by atoms with Crippen molar-refractivity contribution in [2.45, 2.75) is 70.8 Å². The van der Waals surface area contributed by atoms with Crippen LogP contribution in [0.15, 0.2) is 60.7 Å². The summed E-state index contributed by atoms with van der Waals surface area (Å²) in [4.78, 5) is 11.4. The summed E-state index contributed by atoms with van der Waals surface area (Å²) < 4.78 is 26.6. The summed E-state index contributed by atoms with van der Waals surface area (Å²) >= 11 is 0. The first kappa shape index (κ1) is 26.3. The van der Waals surface area contributed by atoms with E-state index in [1.54, 1.807) is 19.2 Å². The van der Waals surface area contributed by atoms with E-state index in [0.29, 0.717) is 23.8 Å². The molecule has 38 heavy (non-hydrogen) atoms. The second-order valence-corrected chi connectivity index (χ2v) is 11.4. The van der Waals surface area contributed by atoms with E-state index in [9.17, 15) is 14.3 Å². The zero-order valence-corrected chi connectivity index (χ0v) is 22.3. The summed E-state index contributed by atoms with van der Waals surface area (Å²) in [6.07, 6.45) is 8.03. The highest BCUT2D eigenvalue weighted by Crippen LogP contribution is 2.45. The molecule has 2 saturated carbocycles. The van der Waals surface area contributed by atoms with E-state index < -0.39 is 5.97 Å². The Kier molecular flexibility index (Phi) is 7.73. The lowest BCUT2D eigenvalue weighted by atomic mass is 9.80. The van der Waals surface area contributed by atoms with Gasteiger partial charge in [-0.05, 0) is 102 Å². The Labute approximate surface area is 224 Å². The minimum Gasteiger partial charge on any atom is -0.497 e. The number of ether oxygens (including phenoxy) is 2. The Hall–Kier alpha value is -3.34. The predicted octanol–water partition coefficient (Wildman–Crippen LogP) is 8.17. The molecule has 3 aromatic rings. The summed E-state index contributed by atoms with van der Waals surface area (Å²) in [6, 6.07) is 19.0. The standard InChI is InChI=1S/C33H37FO4/c1-33(14-3-4-15-33)20-25-17-27(10-12-28(25)30-18-26(37-2)11-13-31(30)34)38-21-22-6-5-7-24(16-22)29(19-32(35)36)23-8-9-23/h5-7,10-13,16-18,23,29H,3-4,8-9,14-15,19-21H2,1-2H3,(H,35,36)/t29-/m1/s1. The fraction of sp³-hybridized carbons (Fsp3) is 0.424. The average Bonchev–Trinajstić information content (AvgIpc) is 3.67. The van der Waals surface area contributed by atoms with Crippen molar-refractivity contribution in [3.05, 3.63) is 83.2 Å². The van der Waals surface area contributed by atoms with E-state index in [4.69, 9.17) is 9.47 Å². The van der Waals surface area contributed by atoms with Crippen LogP contribution in [0.1, 0.15) is 74.5 Å². The van der Waals surface area contributed by atoms with Gasteiger partial charge in [0.15, 0.2) is 0 Å². The fourth-order valence-corrected chi connectivity index (χ4v) is 6.10. The molecule has 0 amide bonds. The average molecular weight is 517 g/mol. The van der Waals surface area contributed by atoms with E-state index in [2.05, 4.69) is 19.1 Å². The van der Waals surface area contributed by atoms with Crippen molar-refractivity contribution in [3.63, 3.8) is 0 Å². The van der Waals surface area contributed by atoms with Crippen molar-refractivity contribution >= 4 is 5.97 Å². The third-order valence-electron chi connectivity index (χ3n) is 8.34. The Morgan fingerprint density at radius 2 is 1.79 bits per heavy atom. The molecule has 0 heterocycles. The molecule has 0 bridgehead atoms. The lowest BCUT2D eigenvalue weighted by molar-refractivity contribution is -0.137. The topological polar surface area (TPSA) is 55.8 Å². The van der Waals surface area contributed by atoms with Crippen LogP contribution in [0.2, 0.25) is 0 Å². The number of aliphatic carboxylic acids is 1. The molecule has 3 aromatic carbocycles. The maximum Gasteiger partial charge on any atom is 0.303 e. The van der Waals surface area contributed by atoms with Crippen molar-refractivity contribution in [3.8, 4) is 22.6 Å². The highest BCUT2D eigenvalue weighted by atomic mass is 19.1. The molecule has 5 heteroatoms. The Balaban J connectivity index is 1.39. The number of methoxy groups -OCH3 is 1. The van der Waals surface area contributed by atoms with Crippen molar-refractivity contribution in [2.75, 3.05) is 7.11 Å². The molecule has 1 atom stereocenters. The number of hydrogen-bond donors (Lipinski definition) is 1.